The third-order valence-corrected chi connectivity index (χ3v) is 4.46. The van der Waals surface area contributed by atoms with E-state index in [0.717, 1.165) is 31.5 Å². The van der Waals surface area contributed by atoms with Crippen molar-refractivity contribution in [3.63, 3.8) is 0 Å². The van der Waals surface area contributed by atoms with E-state index in [1.807, 2.05) is 19.0 Å². The summed E-state index contributed by atoms with van der Waals surface area (Å²) < 4.78 is 5.47. The predicted molar refractivity (Wildman–Crippen MR) is 98.7 cm³/mol. The molecule has 1 aromatic rings. The first kappa shape index (κ1) is 18.9. The number of rotatable bonds is 7. The molecule has 2 rings (SSSR count). The van der Waals surface area contributed by atoms with Crippen molar-refractivity contribution in [1.29, 1.82) is 0 Å². The third kappa shape index (κ3) is 5.58. The van der Waals surface area contributed by atoms with E-state index >= 15 is 0 Å². The monoisotopic (exact) mass is 335 g/mol. The van der Waals surface area contributed by atoms with Gasteiger partial charge < -0.3 is 15.0 Å². The van der Waals surface area contributed by atoms with Crippen LogP contribution in [0.2, 0.25) is 0 Å². The highest BCUT2D eigenvalue weighted by atomic mass is 16.5. The molecular weight excluding hydrogens is 302 g/mol. The average Bonchev–Trinajstić information content (AvgIpc) is 2.53. The van der Waals surface area contributed by atoms with Crippen molar-refractivity contribution in [1.82, 2.24) is 15.0 Å². The standard InChI is InChI=1S/C18H33N5O/c1-13(2)15-20-16(22-17(21-15)23(5)6)19-12-18(3,4)11-14-7-9-24-10-8-14/h13-14H,7-12H2,1-6H3,(H,19,20,21,22). The van der Waals surface area contributed by atoms with Gasteiger partial charge in [-0.25, -0.2) is 0 Å². The molecule has 0 spiro atoms. The van der Waals surface area contributed by atoms with Crippen molar-refractivity contribution >= 4 is 11.9 Å². The molecule has 6 heteroatoms. The topological polar surface area (TPSA) is 63.2 Å². The molecule has 0 bridgehead atoms. The van der Waals surface area contributed by atoms with Crippen LogP contribution in [0.3, 0.4) is 0 Å². The summed E-state index contributed by atoms with van der Waals surface area (Å²) in [6.07, 6.45) is 3.56. The maximum absolute atomic E-state index is 5.47. The van der Waals surface area contributed by atoms with E-state index in [9.17, 15) is 0 Å². The van der Waals surface area contributed by atoms with Crippen molar-refractivity contribution in [2.24, 2.45) is 11.3 Å². The van der Waals surface area contributed by atoms with E-state index in [2.05, 4.69) is 48.0 Å². The van der Waals surface area contributed by atoms with Crippen LogP contribution >= 0.6 is 0 Å². The van der Waals surface area contributed by atoms with Crippen LogP contribution in [0.25, 0.3) is 0 Å². The molecule has 1 fully saturated rings. The molecular formula is C18H33N5O. The second kappa shape index (κ2) is 8.10. The van der Waals surface area contributed by atoms with Crippen molar-refractivity contribution in [2.45, 2.75) is 52.9 Å². The number of hydrogen-bond acceptors (Lipinski definition) is 6. The highest BCUT2D eigenvalue weighted by Gasteiger charge is 2.25. The Morgan fingerprint density at radius 3 is 2.42 bits per heavy atom. The Balaban J connectivity index is 2.01. The number of hydrogen-bond donors (Lipinski definition) is 1. The van der Waals surface area contributed by atoms with Gasteiger partial charge in [0, 0.05) is 39.8 Å². The SMILES string of the molecule is CC(C)c1nc(NCC(C)(C)CC2CCOCC2)nc(N(C)C)n1. The first-order chi connectivity index (χ1) is 11.3. The Bertz CT molecular complexity index is 498. The van der Waals surface area contributed by atoms with Gasteiger partial charge in [-0.15, -0.1) is 0 Å². The molecule has 136 valence electrons. The van der Waals surface area contributed by atoms with Crippen LogP contribution in [-0.2, 0) is 4.74 Å². The van der Waals surface area contributed by atoms with Crippen LogP contribution in [0.15, 0.2) is 0 Å². The molecule has 0 aliphatic carbocycles. The Morgan fingerprint density at radius 2 is 1.83 bits per heavy atom. The lowest BCUT2D eigenvalue weighted by Gasteiger charge is -2.32. The zero-order chi connectivity index (χ0) is 17.7. The summed E-state index contributed by atoms with van der Waals surface area (Å²) in [5.41, 5.74) is 0.199. The number of aromatic nitrogens is 3. The molecule has 6 nitrogen and oxygen atoms in total. The van der Waals surface area contributed by atoms with Crippen LogP contribution < -0.4 is 10.2 Å². The van der Waals surface area contributed by atoms with Gasteiger partial charge >= 0.3 is 0 Å². The second-order valence-electron chi connectivity index (χ2n) is 8.14. The van der Waals surface area contributed by atoms with Gasteiger partial charge in [0.2, 0.25) is 11.9 Å². The van der Waals surface area contributed by atoms with Crippen molar-refractivity contribution in [3.05, 3.63) is 5.82 Å². The molecule has 0 aromatic carbocycles. The van der Waals surface area contributed by atoms with Crippen LogP contribution in [0.1, 0.15) is 58.7 Å². The van der Waals surface area contributed by atoms with E-state index in [-0.39, 0.29) is 11.3 Å². The Kier molecular flexibility index (Phi) is 6.38. The van der Waals surface area contributed by atoms with Crippen LogP contribution in [-0.4, -0.2) is 48.8 Å². The Morgan fingerprint density at radius 1 is 1.17 bits per heavy atom. The lowest BCUT2D eigenvalue weighted by atomic mass is 9.80. The van der Waals surface area contributed by atoms with Crippen LogP contribution in [0.5, 0.6) is 0 Å². The second-order valence-corrected chi connectivity index (χ2v) is 8.14. The zero-order valence-electron chi connectivity index (χ0n) is 16.1. The maximum atomic E-state index is 5.47. The molecule has 0 atom stereocenters. The molecule has 24 heavy (non-hydrogen) atoms. The Labute approximate surface area is 146 Å². The maximum Gasteiger partial charge on any atom is 0.229 e. The van der Waals surface area contributed by atoms with E-state index < -0.39 is 0 Å². The van der Waals surface area contributed by atoms with Gasteiger partial charge in [0.05, 0.1) is 0 Å². The molecule has 1 saturated heterocycles. The van der Waals surface area contributed by atoms with Crippen molar-refractivity contribution < 1.29 is 4.74 Å². The lowest BCUT2D eigenvalue weighted by molar-refractivity contribution is 0.0526. The molecule has 0 saturated carbocycles. The highest BCUT2D eigenvalue weighted by molar-refractivity contribution is 5.36. The minimum atomic E-state index is 0.199. The minimum Gasteiger partial charge on any atom is -0.381 e. The largest absolute Gasteiger partial charge is 0.381 e. The first-order valence-electron chi connectivity index (χ1n) is 9.02. The van der Waals surface area contributed by atoms with Crippen LogP contribution in [0, 0.1) is 11.3 Å². The van der Waals surface area contributed by atoms with E-state index in [4.69, 9.17) is 4.74 Å². The van der Waals surface area contributed by atoms with Gasteiger partial charge in [0.25, 0.3) is 0 Å². The van der Waals surface area contributed by atoms with Gasteiger partial charge in [-0.1, -0.05) is 27.7 Å². The molecule has 1 N–H and O–H groups in total. The summed E-state index contributed by atoms with van der Waals surface area (Å²) in [7, 11) is 3.91. The number of nitrogens with one attached hydrogen (secondary N) is 1. The number of anilines is 2. The first-order valence-corrected chi connectivity index (χ1v) is 9.02. The van der Waals surface area contributed by atoms with Gasteiger partial charge in [-0.05, 0) is 30.6 Å². The lowest BCUT2D eigenvalue weighted by Crippen LogP contribution is -2.29. The molecule has 0 unspecified atom stereocenters. The summed E-state index contributed by atoms with van der Waals surface area (Å²) in [5, 5.41) is 3.44. The summed E-state index contributed by atoms with van der Waals surface area (Å²) >= 11 is 0. The molecule has 1 aromatic heterocycles. The van der Waals surface area contributed by atoms with E-state index in [1.165, 1.54) is 19.3 Å². The summed E-state index contributed by atoms with van der Waals surface area (Å²) in [4.78, 5) is 15.6. The predicted octanol–water partition coefficient (Wildman–Crippen LogP) is 3.32. The molecule has 1 aliphatic heterocycles. The van der Waals surface area contributed by atoms with Gasteiger partial charge in [0.1, 0.15) is 5.82 Å². The highest BCUT2D eigenvalue weighted by Crippen LogP contribution is 2.31. The minimum absolute atomic E-state index is 0.199. The van der Waals surface area contributed by atoms with Gasteiger partial charge in [-0.2, -0.15) is 15.0 Å². The zero-order valence-corrected chi connectivity index (χ0v) is 16.1. The normalized spacial score (nSPS) is 16.5. The molecule has 1 aliphatic rings. The number of nitrogens with zero attached hydrogens (tertiary/aromatic N) is 4. The van der Waals surface area contributed by atoms with Crippen molar-refractivity contribution in [2.75, 3.05) is 44.1 Å². The molecule has 0 radical (unpaired) electrons. The molecule has 0 amide bonds. The third-order valence-electron chi connectivity index (χ3n) is 4.46. The van der Waals surface area contributed by atoms with Gasteiger partial charge in [0.15, 0.2) is 0 Å². The van der Waals surface area contributed by atoms with E-state index in [1.54, 1.807) is 0 Å². The van der Waals surface area contributed by atoms with E-state index in [0.29, 0.717) is 11.9 Å². The van der Waals surface area contributed by atoms with Crippen LogP contribution in [0.4, 0.5) is 11.9 Å². The summed E-state index contributed by atoms with van der Waals surface area (Å²) in [6.45, 7) is 11.5. The fourth-order valence-electron chi connectivity index (χ4n) is 3.04. The average molecular weight is 335 g/mol. The quantitative estimate of drug-likeness (QED) is 0.825. The Hall–Kier alpha value is -1.43. The van der Waals surface area contributed by atoms with Crippen molar-refractivity contribution in [3.8, 4) is 0 Å². The van der Waals surface area contributed by atoms with Gasteiger partial charge in [-0.3, -0.25) is 0 Å². The number of ether oxygens (including phenoxy) is 1. The summed E-state index contributed by atoms with van der Waals surface area (Å²) in [6, 6.07) is 0. The fourth-order valence-corrected chi connectivity index (χ4v) is 3.04. The summed E-state index contributed by atoms with van der Waals surface area (Å²) in [5.74, 6) is 3.26. The fraction of sp³-hybridized carbons (Fsp3) is 0.833. The molecule has 2 heterocycles. The smallest absolute Gasteiger partial charge is 0.229 e.